The number of hydrogen-bond acceptors (Lipinski definition) is 1. The van der Waals surface area contributed by atoms with Gasteiger partial charge in [0.15, 0.2) is 0 Å². The van der Waals surface area contributed by atoms with E-state index in [4.69, 9.17) is 33.2 Å². The normalized spacial score (nSPS) is 10.7. The minimum atomic E-state index is -2.86. The van der Waals surface area contributed by atoms with Gasteiger partial charge in [0.25, 0.3) is 0 Å². The van der Waals surface area contributed by atoms with Gasteiger partial charge in [-0.15, -0.1) is 0 Å². The van der Waals surface area contributed by atoms with Gasteiger partial charge < -0.3 is 4.43 Å². The summed E-state index contributed by atoms with van der Waals surface area (Å²) in [5.41, 5.74) is 0. The lowest BCUT2D eigenvalue weighted by atomic mass is 11.2. The van der Waals surface area contributed by atoms with Crippen molar-refractivity contribution in [3.63, 3.8) is 0 Å². The van der Waals surface area contributed by atoms with E-state index in [-0.39, 0.29) is 0 Å². The van der Waals surface area contributed by atoms with Gasteiger partial charge in [0, 0.05) is 0 Å². The van der Waals surface area contributed by atoms with Crippen LogP contribution in [0.3, 0.4) is 0 Å². The summed E-state index contributed by atoms with van der Waals surface area (Å²) in [5, 5.41) is 0. The highest BCUT2D eigenvalue weighted by atomic mass is 35.8. The lowest BCUT2D eigenvalue weighted by molar-refractivity contribution is 0.518. The molecule has 0 N–H and O–H groups in total. The minimum absolute atomic E-state index is 1.12. The van der Waals surface area contributed by atoms with E-state index in [9.17, 15) is 0 Å². The Hall–Kier alpha value is 0.627. The fourth-order valence-electron chi connectivity index (χ4n) is 0.0945. The first-order valence-corrected chi connectivity index (χ1v) is 6.36. The molecule has 42 valence electrons. The van der Waals surface area contributed by atoms with Crippen molar-refractivity contribution in [1.82, 2.24) is 0 Å². The summed E-state index contributed by atoms with van der Waals surface area (Å²) in [6, 6.07) is 0. The monoisotopic (exact) mass is 176 g/mol. The Morgan fingerprint density at radius 2 is 1.86 bits per heavy atom. The van der Waals surface area contributed by atoms with Crippen LogP contribution in [0, 0.1) is 0 Å². The fraction of sp³-hybridized carbons (Fsp3) is 0. The zero-order valence-electron chi connectivity index (χ0n) is 3.33. The molecule has 0 aliphatic rings. The maximum absolute atomic E-state index is 5.21. The van der Waals surface area contributed by atoms with E-state index in [2.05, 4.69) is 11.0 Å². The maximum Gasteiger partial charge on any atom is 0.555 e. The molecule has 0 aliphatic heterocycles. The van der Waals surface area contributed by atoms with Crippen molar-refractivity contribution in [1.29, 1.82) is 0 Å². The second-order valence-electron chi connectivity index (χ2n) is 0.730. The summed E-state index contributed by atoms with van der Waals surface area (Å²) >= 11 is 15.6. The first kappa shape index (κ1) is 7.63. The minimum Gasteiger partial charge on any atom is -0.515 e. The molecule has 1 nitrogen and oxygen atoms in total. The predicted octanol–water partition coefficient (Wildman–Crippen LogP) is 2.30. The van der Waals surface area contributed by atoms with Crippen molar-refractivity contribution in [2.45, 2.75) is 0 Å². The van der Waals surface area contributed by atoms with E-state index >= 15 is 0 Å². The SMILES string of the molecule is C=CO[Si](Cl)(Cl)Cl. The van der Waals surface area contributed by atoms with Crippen LogP contribution in [0.2, 0.25) is 0 Å². The van der Waals surface area contributed by atoms with E-state index in [0.717, 1.165) is 6.26 Å². The summed E-state index contributed by atoms with van der Waals surface area (Å²) < 4.78 is 4.43. The molecule has 0 spiro atoms. The molecule has 0 aromatic carbocycles. The second kappa shape index (κ2) is 2.82. The zero-order chi connectivity index (χ0) is 5.91. The van der Waals surface area contributed by atoms with Crippen LogP contribution < -0.4 is 0 Å². The Balaban J connectivity index is 3.34. The highest BCUT2D eigenvalue weighted by molar-refractivity contribution is 7.62. The van der Waals surface area contributed by atoms with Crippen LogP contribution in [-0.4, -0.2) is 6.25 Å². The Bertz CT molecular complexity index is 67.8. The molecule has 0 heterocycles. The molecule has 0 aromatic heterocycles. The molecule has 0 bridgehead atoms. The molecule has 0 saturated heterocycles. The van der Waals surface area contributed by atoms with E-state index in [1.165, 1.54) is 0 Å². The van der Waals surface area contributed by atoms with Crippen molar-refractivity contribution >= 4 is 39.5 Å². The number of halogens is 3. The first-order chi connectivity index (χ1) is 3.06. The standard InChI is InChI=1S/C2H3Cl3OSi/c1-2-6-7(3,4)5/h2H,1H2. The smallest absolute Gasteiger partial charge is 0.515 e. The number of hydrogen-bond donors (Lipinski definition) is 0. The van der Waals surface area contributed by atoms with Crippen LogP contribution in [0.15, 0.2) is 12.8 Å². The summed E-state index contributed by atoms with van der Waals surface area (Å²) in [6.45, 7) is 3.21. The van der Waals surface area contributed by atoms with Gasteiger partial charge in [-0.1, -0.05) is 39.8 Å². The van der Waals surface area contributed by atoms with E-state index < -0.39 is 6.25 Å². The topological polar surface area (TPSA) is 9.23 Å². The Morgan fingerprint density at radius 3 is 1.86 bits per heavy atom. The molecule has 0 atom stereocenters. The van der Waals surface area contributed by atoms with Crippen LogP contribution in [-0.2, 0) is 4.43 Å². The molecule has 0 saturated carbocycles. The predicted molar refractivity (Wildman–Crippen MR) is 34.6 cm³/mol. The third kappa shape index (κ3) is 6.63. The molecule has 0 aromatic rings. The third-order valence-electron chi connectivity index (χ3n) is 0.217. The lowest BCUT2D eigenvalue weighted by Gasteiger charge is -2.02. The van der Waals surface area contributed by atoms with Crippen LogP contribution in [0.4, 0.5) is 0 Å². The van der Waals surface area contributed by atoms with Gasteiger partial charge >= 0.3 is 6.25 Å². The molecular formula is C2H3Cl3OSi. The molecule has 0 fully saturated rings. The van der Waals surface area contributed by atoms with Gasteiger partial charge in [-0.2, -0.15) is 0 Å². The van der Waals surface area contributed by atoms with Gasteiger partial charge in [-0.25, -0.2) is 0 Å². The Kier molecular flexibility index (Phi) is 3.07. The largest absolute Gasteiger partial charge is 0.555 e. The van der Waals surface area contributed by atoms with Crippen LogP contribution >= 0.6 is 33.2 Å². The van der Waals surface area contributed by atoms with E-state index in [0.29, 0.717) is 0 Å². The van der Waals surface area contributed by atoms with Crippen LogP contribution in [0.5, 0.6) is 0 Å². The second-order valence-corrected chi connectivity index (χ2v) is 8.39. The van der Waals surface area contributed by atoms with Crippen LogP contribution in [0.1, 0.15) is 0 Å². The van der Waals surface area contributed by atoms with Gasteiger partial charge in [-0.05, 0) is 0 Å². The average Bonchev–Trinajstić information content (AvgIpc) is 1.30. The molecule has 0 rings (SSSR count). The summed E-state index contributed by atoms with van der Waals surface area (Å²) in [6.07, 6.45) is -1.73. The quantitative estimate of drug-likeness (QED) is 0.357. The number of rotatable bonds is 2. The third-order valence-corrected chi connectivity index (χ3v) is 1.45. The van der Waals surface area contributed by atoms with Gasteiger partial charge in [0.05, 0.1) is 6.26 Å². The van der Waals surface area contributed by atoms with Crippen LogP contribution in [0.25, 0.3) is 0 Å². The van der Waals surface area contributed by atoms with E-state index in [1.54, 1.807) is 0 Å². The molecule has 0 radical (unpaired) electrons. The first-order valence-electron chi connectivity index (χ1n) is 1.42. The van der Waals surface area contributed by atoms with E-state index in [1.807, 2.05) is 0 Å². The highest BCUT2D eigenvalue weighted by Crippen LogP contribution is 2.20. The molecule has 0 amide bonds. The summed E-state index contributed by atoms with van der Waals surface area (Å²) in [4.78, 5) is 0. The molecular weight excluding hydrogens is 174 g/mol. The van der Waals surface area contributed by atoms with Crippen molar-refractivity contribution in [2.24, 2.45) is 0 Å². The highest BCUT2D eigenvalue weighted by Gasteiger charge is 2.27. The summed E-state index contributed by atoms with van der Waals surface area (Å²) in [7, 11) is 0. The van der Waals surface area contributed by atoms with Crippen molar-refractivity contribution in [3.05, 3.63) is 12.8 Å². The molecule has 0 unspecified atom stereocenters. The van der Waals surface area contributed by atoms with Gasteiger partial charge in [0.1, 0.15) is 0 Å². The van der Waals surface area contributed by atoms with Gasteiger partial charge in [0.2, 0.25) is 0 Å². The lowest BCUT2D eigenvalue weighted by Crippen LogP contribution is -2.10. The zero-order valence-corrected chi connectivity index (χ0v) is 6.59. The van der Waals surface area contributed by atoms with Crippen molar-refractivity contribution in [3.8, 4) is 0 Å². The van der Waals surface area contributed by atoms with Crippen molar-refractivity contribution < 1.29 is 4.43 Å². The Labute approximate surface area is 57.1 Å². The molecule has 5 heteroatoms. The molecule has 0 aliphatic carbocycles. The molecule has 7 heavy (non-hydrogen) atoms. The summed E-state index contributed by atoms with van der Waals surface area (Å²) in [5.74, 6) is 0. The average molecular weight is 177 g/mol. The fourth-order valence-corrected chi connectivity index (χ4v) is 0.850. The maximum atomic E-state index is 5.21. The van der Waals surface area contributed by atoms with Crippen molar-refractivity contribution in [2.75, 3.05) is 0 Å². The Morgan fingerprint density at radius 1 is 1.43 bits per heavy atom. The van der Waals surface area contributed by atoms with Gasteiger partial charge in [-0.3, -0.25) is 0 Å².